The fourth-order valence-corrected chi connectivity index (χ4v) is 3.37. The van der Waals surface area contributed by atoms with Gasteiger partial charge >= 0.3 is 0 Å². The fourth-order valence-electron chi connectivity index (χ4n) is 3.37. The van der Waals surface area contributed by atoms with Crippen molar-refractivity contribution in [2.45, 2.75) is 13.0 Å². The topological polar surface area (TPSA) is 71.0 Å². The molecule has 0 aliphatic carbocycles. The minimum absolute atomic E-state index is 0.653. The van der Waals surface area contributed by atoms with Crippen LogP contribution in [0.15, 0.2) is 53.5 Å². The lowest BCUT2D eigenvalue weighted by molar-refractivity contribution is 0.354. The minimum Gasteiger partial charge on any atom is -0.493 e. The molecule has 0 saturated carbocycles. The highest BCUT2D eigenvalue weighted by molar-refractivity contribution is 5.85. The van der Waals surface area contributed by atoms with Crippen molar-refractivity contribution in [2.75, 3.05) is 46.8 Å². The Kier molecular flexibility index (Phi) is 7.54. The molecule has 0 saturated heterocycles. The molecule has 0 fully saturated rings. The molecular formula is C24H31N5O2. The standard InChI is InChI=1S/C24H31N5O2/c1-25-24(26-13-12-17-10-11-21(30-4)22(14-17)31-5)27-16-18-15-23(29(2)3)28-20-9-7-6-8-19(18)20/h6-11,14-15H,12-13,16H2,1-5H3,(H2,25,26,27). The lowest BCUT2D eigenvalue weighted by atomic mass is 10.1. The number of nitrogens with zero attached hydrogens (tertiary/aromatic N) is 3. The van der Waals surface area contributed by atoms with Crippen LogP contribution in [0.4, 0.5) is 5.82 Å². The van der Waals surface area contributed by atoms with Gasteiger partial charge in [-0.3, -0.25) is 4.99 Å². The third kappa shape index (κ3) is 5.57. The first-order valence-electron chi connectivity index (χ1n) is 10.3. The number of anilines is 1. The summed E-state index contributed by atoms with van der Waals surface area (Å²) >= 11 is 0. The number of para-hydroxylation sites is 1. The molecular weight excluding hydrogens is 390 g/mol. The van der Waals surface area contributed by atoms with Gasteiger partial charge < -0.3 is 25.0 Å². The molecule has 164 valence electrons. The number of benzene rings is 2. The largest absolute Gasteiger partial charge is 0.493 e. The van der Waals surface area contributed by atoms with E-state index < -0.39 is 0 Å². The highest BCUT2D eigenvalue weighted by Crippen LogP contribution is 2.27. The average Bonchev–Trinajstić information content (AvgIpc) is 2.80. The van der Waals surface area contributed by atoms with Crippen molar-refractivity contribution in [2.24, 2.45) is 4.99 Å². The van der Waals surface area contributed by atoms with Gasteiger partial charge in [-0.25, -0.2) is 4.98 Å². The van der Waals surface area contributed by atoms with Gasteiger partial charge in [-0.05, 0) is 41.8 Å². The van der Waals surface area contributed by atoms with E-state index in [1.807, 2.05) is 55.4 Å². The number of fused-ring (bicyclic) bond motifs is 1. The summed E-state index contributed by atoms with van der Waals surface area (Å²) in [6.45, 7) is 1.40. The second kappa shape index (κ2) is 10.5. The van der Waals surface area contributed by atoms with E-state index in [1.165, 1.54) is 5.56 Å². The van der Waals surface area contributed by atoms with Crippen LogP contribution in [0.2, 0.25) is 0 Å². The van der Waals surface area contributed by atoms with Gasteiger partial charge in [0.15, 0.2) is 17.5 Å². The summed E-state index contributed by atoms with van der Waals surface area (Å²) in [6.07, 6.45) is 0.837. The molecule has 0 unspecified atom stereocenters. The highest BCUT2D eigenvalue weighted by Gasteiger charge is 2.09. The molecule has 0 radical (unpaired) electrons. The van der Waals surface area contributed by atoms with Crippen LogP contribution in [-0.4, -0.2) is 52.9 Å². The molecule has 0 aliphatic heterocycles. The Bertz CT molecular complexity index is 1050. The first-order valence-corrected chi connectivity index (χ1v) is 10.3. The Labute approximate surface area is 184 Å². The van der Waals surface area contributed by atoms with Gasteiger partial charge in [-0.15, -0.1) is 0 Å². The van der Waals surface area contributed by atoms with Crippen LogP contribution >= 0.6 is 0 Å². The van der Waals surface area contributed by atoms with Crippen molar-refractivity contribution in [1.29, 1.82) is 0 Å². The monoisotopic (exact) mass is 421 g/mol. The maximum Gasteiger partial charge on any atom is 0.191 e. The minimum atomic E-state index is 0.653. The van der Waals surface area contributed by atoms with Crippen LogP contribution in [0, 0.1) is 0 Å². The molecule has 31 heavy (non-hydrogen) atoms. The van der Waals surface area contributed by atoms with Crippen LogP contribution in [0.3, 0.4) is 0 Å². The lowest BCUT2D eigenvalue weighted by Gasteiger charge is -2.17. The van der Waals surface area contributed by atoms with E-state index in [2.05, 4.69) is 27.8 Å². The van der Waals surface area contributed by atoms with E-state index in [0.717, 1.165) is 52.7 Å². The second-order valence-corrected chi connectivity index (χ2v) is 7.34. The van der Waals surface area contributed by atoms with Crippen molar-refractivity contribution < 1.29 is 9.47 Å². The second-order valence-electron chi connectivity index (χ2n) is 7.34. The number of hydrogen-bond acceptors (Lipinski definition) is 5. The van der Waals surface area contributed by atoms with Crippen LogP contribution in [-0.2, 0) is 13.0 Å². The number of ether oxygens (including phenoxy) is 2. The Hall–Kier alpha value is -3.48. The number of rotatable bonds is 8. The van der Waals surface area contributed by atoms with Crippen LogP contribution in [0.5, 0.6) is 11.5 Å². The lowest BCUT2D eigenvalue weighted by Crippen LogP contribution is -2.38. The van der Waals surface area contributed by atoms with Crippen molar-refractivity contribution in [3.8, 4) is 11.5 Å². The molecule has 0 spiro atoms. The predicted octanol–water partition coefficient (Wildman–Crippen LogP) is 3.23. The van der Waals surface area contributed by atoms with Crippen molar-refractivity contribution in [3.63, 3.8) is 0 Å². The van der Waals surface area contributed by atoms with E-state index in [1.54, 1.807) is 21.3 Å². The fraction of sp³-hybridized carbons (Fsp3) is 0.333. The molecule has 3 aromatic rings. The number of guanidine groups is 1. The van der Waals surface area contributed by atoms with Gasteiger partial charge in [-0.1, -0.05) is 24.3 Å². The van der Waals surface area contributed by atoms with E-state index in [4.69, 9.17) is 14.5 Å². The van der Waals surface area contributed by atoms with E-state index in [0.29, 0.717) is 6.54 Å². The maximum absolute atomic E-state index is 5.38. The Morgan fingerprint density at radius 2 is 1.77 bits per heavy atom. The molecule has 7 nitrogen and oxygen atoms in total. The molecule has 1 aromatic heterocycles. The zero-order valence-corrected chi connectivity index (χ0v) is 18.9. The molecule has 3 rings (SSSR count). The summed E-state index contributed by atoms with van der Waals surface area (Å²) in [7, 11) is 9.08. The van der Waals surface area contributed by atoms with E-state index >= 15 is 0 Å². The summed E-state index contributed by atoms with van der Waals surface area (Å²) in [6, 6.07) is 16.3. The van der Waals surface area contributed by atoms with Crippen LogP contribution in [0.25, 0.3) is 10.9 Å². The Morgan fingerprint density at radius 3 is 2.48 bits per heavy atom. The normalized spacial score (nSPS) is 11.3. The number of hydrogen-bond donors (Lipinski definition) is 2. The van der Waals surface area contributed by atoms with Gasteiger partial charge in [0.25, 0.3) is 0 Å². The number of aliphatic imine (C=N–C) groups is 1. The zero-order valence-electron chi connectivity index (χ0n) is 18.9. The first-order chi connectivity index (χ1) is 15.0. The quantitative estimate of drug-likeness (QED) is 0.430. The van der Waals surface area contributed by atoms with Gasteiger partial charge in [0.1, 0.15) is 5.82 Å². The molecule has 1 heterocycles. The smallest absolute Gasteiger partial charge is 0.191 e. The summed E-state index contributed by atoms with van der Waals surface area (Å²) < 4.78 is 10.7. The van der Waals surface area contributed by atoms with Crippen LogP contribution < -0.4 is 25.0 Å². The van der Waals surface area contributed by atoms with Crippen molar-refractivity contribution in [3.05, 3.63) is 59.7 Å². The summed E-state index contributed by atoms with van der Waals surface area (Å²) in [5.74, 6) is 3.17. The van der Waals surface area contributed by atoms with E-state index in [9.17, 15) is 0 Å². The van der Waals surface area contributed by atoms with Crippen molar-refractivity contribution in [1.82, 2.24) is 15.6 Å². The maximum atomic E-state index is 5.38. The Morgan fingerprint density at radius 1 is 1.00 bits per heavy atom. The summed E-state index contributed by atoms with van der Waals surface area (Å²) in [4.78, 5) is 11.1. The van der Waals surface area contributed by atoms with Gasteiger partial charge in [0, 0.05) is 39.6 Å². The molecule has 0 aliphatic rings. The van der Waals surface area contributed by atoms with E-state index in [-0.39, 0.29) is 0 Å². The van der Waals surface area contributed by atoms with Crippen LogP contribution in [0.1, 0.15) is 11.1 Å². The zero-order chi connectivity index (χ0) is 22.2. The Balaban J connectivity index is 1.62. The number of nitrogens with one attached hydrogen (secondary N) is 2. The first kappa shape index (κ1) is 22.2. The molecule has 0 atom stereocenters. The number of methoxy groups -OCH3 is 2. The summed E-state index contributed by atoms with van der Waals surface area (Å²) in [5, 5.41) is 7.94. The SMILES string of the molecule is CN=C(NCCc1ccc(OC)c(OC)c1)NCc1cc(N(C)C)nc2ccccc12. The van der Waals surface area contributed by atoms with Gasteiger partial charge in [0.05, 0.1) is 19.7 Å². The van der Waals surface area contributed by atoms with Crippen molar-refractivity contribution >= 4 is 22.7 Å². The average molecular weight is 422 g/mol. The van der Waals surface area contributed by atoms with Gasteiger partial charge in [-0.2, -0.15) is 0 Å². The third-order valence-electron chi connectivity index (χ3n) is 5.07. The predicted molar refractivity (Wildman–Crippen MR) is 128 cm³/mol. The van der Waals surface area contributed by atoms with Gasteiger partial charge in [0.2, 0.25) is 0 Å². The summed E-state index contributed by atoms with van der Waals surface area (Å²) in [5.41, 5.74) is 3.33. The number of pyridine rings is 1. The third-order valence-corrected chi connectivity index (χ3v) is 5.07. The molecule has 0 bridgehead atoms. The highest BCUT2D eigenvalue weighted by atomic mass is 16.5. The number of aromatic nitrogens is 1. The molecule has 2 N–H and O–H groups in total. The molecule has 2 aromatic carbocycles. The molecule has 0 amide bonds. The molecule has 7 heteroatoms.